The lowest BCUT2D eigenvalue weighted by molar-refractivity contribution is 0.0692. The number of carbonyl (C=O) groups is 1. The summed E-state index contributed by atoms with van der Waals surface area (Å²) in [6.45, 7) is 1.84. The van der Waals surface area contributed by atoms with Gasteiger partial charge in [-0.25, -0.2) is 13.2 Å². The maximum absolute atomic E-state index is 12.5. The van der Waals surface area contributed by atoms with Crippen molar-refractivity contribution in [2.24, 2.45) is 0 Å². The first kappa shape index (κ1) is 15.9. The van der Waals surface area contributed by atoms with Gasteiger partial charge in [-0.05, 0) is 31.2 Å². The highest BCUT2D eigenvalue weighted by molar-refractivity contribution is 7.94. The van der Waals surface area contributed by atoms with Crippen LogP contribution in [0.4, 0.5) is 5.69 Å². The molecule has 0 aliphatic rings. The smallest absolute Gasteiger partial charge is 0.354 e. The molecule has 2 heterocycles. The van der Waals surface area contributed by atoms with Gasteiger partial charge in [0.05, 0.1) is 10.0 Å². The van der Waals surface area contributed by atoms with Gasteiger partial charge in [-0.15, -0.1) is 11.3 Å². The van der Waals surface area contributed by atoms with Crippen molar-refractivity contribution >= 4 is 55.5 Å². The second-order valence-electron chi connectivity index (χ2n) is 4.89. The second-order valence-corrected chi connectivity index (χ2v) is 8.52. The minimum absolute atomic E-state index is 0.0146. The van der Waals surface area contributed by atoms with E-state index in [1.807, 2.05) is 13.0 Å². The SMILES string of the molecule is Cc1ccc2[nH]c(C(=O)O)c(NS(=O)(=O)c3ccc(Cl)s3)c2c1. The number of aryl methyl sites for hydroxylation is 1. The van der Waals surface area contributed by atoms with Gasteiger partial charge in [-0.3, -0.25) is 4.72 Å². The average Bonchev–Trinajstić information content (AvgIpc) is 3.04. The molecule has 0 saturated heterocycles. The fraction of sp³-hybridized carbons (Fsp3) is 0.0714. The first-order valence-corrected chi connectivity index (χ1v) is 9.09. The fourth-order valence-electron chi connectivity index (χ4n) is 2.20. The predicted molar refractivity (Wildman–Crippen MR) is 90.1 cm³/mol. The molecule has 0 fully saturated rings. The quantitative estimate of drug-likeness (QED) is 0.652. The molecule has 0 aliphatic heterocycles. The van der Waals surface area contributed by atoms with E-state index in [0.29, 0.717) is 15.2 Å². The Labute approximate surface area is 140 Å². The lowest BCUT2D eigenvalue weighted by Crippen LogP contribution is -2.14. The van der Waals surface area contributed by atoms with Crippen LogP contribution in [0.5, 0.6) is 0 Å². The number of aromatic carboxylic acids is 1. The molecule has 3 N–H and O–H groups in total. The van der Waals surface area contributed by atoms with Crippen molar-refractivity contribution in [3.05, 3.63) is 45.9 Å². The summed E-state index contributed by atoms with van der Waals surface area (Å²) < 4.78 is 27.6. The highest BCUT2D eigenvalue weighted by atomic mass is 35.5. The van der Waals surface area contributed by atoms with Gasteiger partial charge in [-0.2, -0.15) is 0 Å². The highest BCUT2D eigenvalue weighted by Crippen LogP contribution is 2.33. The third kappa shape index (κ3) is 2.92. The topological polar surface area (TPSA) is 99.3 Å². The van der Waals surface area contributed by atoms with Gasteiger partial charge >= 0.3 is 5.97 Å². The summed E-state index contributed by atoms with van der Waals surface area (Å²) in [5, 5.41) is 9.82. The van der Waals surface area contributed by atoms with E-state index in [1.165, 1.54) is 12.1 Å². The number of carboxylic acid groups (broad SMARTS) is 1. The summed E-state index contributed by atoms with van der Waals surface area (Å²) >= 11 is 6.67. The van der Waals surface area contributed by atoms with Crippen LogP contribution in [-0.4, -0.2) is 24.5 Å². The van der Waals surface area contributed by atoms with Crippen LogP contribution in [0, 0.1) is 6.92 Å². The fourth-order valence-corrected chi connectivity index (χ4v) is 4.77. The number of rotatable bonds is 4. The molecule has 1 aromatic carbocycles. The van der Waals surface area contributed by atoms with Gasteiger partial charge in [0.25, 0.3) is 10.0 Å². The van der Waals surface area contributed by atoms with Gasteiger partial charge in [0.15, 0.2) is 0 Å². The summed E-state index contributed by atoms with van der Waals surface area (Å²) in [5.74, 6) is -1.25. The Morgan fingerprint density at radius 1 is 1.30 bits per heavy atom. The number of benzene rings is 1. The zero-order valence-electron chi connectivity index (χ0n) is 11.8. The molecule has 0 unspecified atom stereocenters. The van der Waals surface area contributed by atoms with Gasteiger partial charge in [0.1, 0.15) is 9.90 Å². The van der Waals surface area contributed by atoms with Crippen molar-refractivity contribution in [2.45, 2.75) is 11.1 Å². The van der Waals surface area contributed by atoms with Gasteiger partial charge < -0.3 is 10.1 Å². The highest BCUT2D eigenvalue weighted by Gasteiger charge is 2.24. The van der Waals surface area contributed by atoms with Crippen LogP contribution in [0.3, 0.4) is 0 Å². The zero-order valence-corrected chi connectivity index (χ0v) is 14.1. The Morgan fingerprint density at radius 3 is 2.65 bits per heavy atom. The van der Waals surface area contributed by atoms with Crippen LogP contribution in [0.1, 0.15) is 16.1 Å². The molecule has 0 amide bonds. The minimum Gasteiger partial charge on any atom is -0.477 e. The number of hydrogen-bond donors (Lipinski definition) is 3. The molecule has 0 atom stereocenters. The normalized spacial score (nSPS) is 11.7. The zero-order chi connectivity index (χ0) is 16.8. The number of anilines is 1. The number of carboxylic acids is 1. The van der Waals surface area contributed by atoms with E-state index in [-0.39, 0.29) is 15.6 Å². The first-order valence-electron chi connectivity index (χ1n) is 6.42. The van der Waals surface area contributed by atoms with E-state index in [9.17, 15) is 18.3 Å². The van der Waals surface area contributed by atoms with Crippen LogP contribution in [-0.2, 0) is 10.0 Å². The molecular formula is C14H11ClN2O4S2. The summed E-state index contributed by atoms with van der Waals surface area (Å²) in [7, 11) is -3.92. The largest absolute Gasteiger partial charge is 0.477 e. The molecule has 0 aliphatic carbocycles. The van der Waals surface area contributed by atoms with Crippen LogP contribution >= 0.6 is 22.9 Å². The lowest BCUT2D eigenvalue weighted by atomic mass is 10.1. The number of hydrogen-bond acceptors (Lipinski definition) is 4. The molecular weight excluding hydrogens is 360 g/mol. The van der Waals surface area contributed by atoms with Crippen molar-refractivity contribution in [3.63, 3.8) is 0 Å². The summed E-state index contributed by atoms with van der Waals surface area (Å²) in [6.07, 6.45) is 0. The molecule has 9 heteroatoms. The Morgan fingerprint density at radius 2 is 2.04 bits per heavy atom. The Hall–Kier alpha value is -2.03. The number of fused-ring (bicyclic) bond motifs is 1. The van der Waals surface area contributed by atoms with Crippen molar-refractivity contribution in [1.82, 2.24) is 4.98 Å². The molecule has 0 radical (unpaired) electrons. The number of H-pyrrole nitrogens is 1. The molecule has 120 valence electrons. The molecule has 0 saturated carbocycles. The van der Waals surface area contributed by atoms with Crippen LogP contribution < -0.4 is 4.72 Å². The molecule has 0 bridgehead atoms. The van der Waals surface area contributed by atoms with Gasteiger partial charge in [-0.1, -0.05) is 23.2 Å². The lowest BCUT2D eigenvalue weighted by Gasteiger charge is -2.06. The third-order valence-corrected chi connectivity index (χ3v) is 6.29. The van der Waals surface area contributed by atoms with Crippen LogP contribution in [0.15, 0.2) is 34.5 Å². The Balaban J connectivity index is 2.17. The number of aromatic amines is 1. The molecule has 23 heavy (non-hydrogen) atoms. The molecule has 3 rings (SSSR count). The second kappa shape index (κ2) is 5.55. The molecule has 2 aromatic heterocycles. The van der Waals surface area contributed by atoms with Crippen molar-refractivity contribution in [1.29, 1.82) is 0 Å². The number of aromatic nitrogens is 1. The monoisotopic (exact) mass is 370 g/mol. The van der Waals surface area contributed by atoms with Crippen molar-refractivity contribution < 1.29 is 18.3 Å². The van der Waals surface area contributed by atoms with Gasteiger partial charge in [0.2, 0.25) is 0 Å². The van der Waals surface area contributed by atoms with E-state index >= 15 is 0 Å². The predicted octanol–water partition coefficient (Wildman–Crippen LogP) is 3.69. The third-order valence-electron chi connectivity index (χ3n) is 3.22. The summed E-state index contributed by atoms with van der Waals surface area (Å²) in [5.41, 5.74) is 1.22. The summed E-state index contributed by atoms with van der Waals surface area (Å²) in [4.78, 5) is 14.1. The van der Waals surface area contributed by atoms with Crippen molar-refractivity contribution in [2.75, 3.05) is 4.72 Å². The maximum Gasteiger partial charge on any atom is 0.354 e. The van der Waals surface area contributed by atoms with E-state index < -0.39 is 16.0 Å². The minimum atomic E-state index is -3.92. The number of thiophene rings is 1. The molecule has 3 aromatic rings. The maximum atomic E-state index is 12.5. The average molecular weight is 371 g/mol. The summed E-state index contributed by atoms with van der Waals surface area (Å²) in [6, 6.07) is 8.07. The van der Waals surface area contributed by atoms with Crippen LogP contribution in [0.2, 0.25) is 4.34 Å². The first-order chi connectivity index (χ1) is 10.8. The van der Waals surface area contributed by atoms with Crippen LogP contribution in [0.25, 0.3) is 10.9 Å². The molecule has 0 spiro atoms. The number of sulfonamides is 1. The van der Waals surface area contributed by atoms with Crippen molar-refractivity contribution in [3.8, 4) is 0 Å². The van der Waals surface area contributed by atoms with E-state index in [2.05, 4.69) is 9.71 Å². The molecule has 6 nitrogen and oxygen atoms in total. The number of halogens is 1. The van der Waals surface area contributed by atoms with E-state index in [4.69, 9.17) is 11.6 Å². The van der Waals surface area contributed by atoms with E-state index in [1.54, 1.807) is 12.1 Å². The Kier molecular flexibility index (Phi) is 3.83. The Bertz CT molecular complexity index is 1020. The number of nitrogens with one attached hydrogen (secondary N) is 2. The van der Waals surface area contributed by atoms with E-state index in [0.717, 1.165) is 16.9 Å². The van der Waals surface area contributed by atoms with Gasteiger partial charge in [0, 0.05) is 10.9 Å². The standard InChI is InChI=1S/C14H11ClN2O4S2/c1-7-2-3-9-8(6-7)12(13(16-9)14(18)19)17-23(20,21)11-5-4-10(15)22-11/h2-6,16-17H,1H3,(H,18,19).